The molecule has 0 radical (unpaired) electrons. The van der Waals surface area contributed by atoms with Gasteiger partial charge in [-0.3, -0.25) is 0 Å². The molecule has 0 aromatic rings. The molecule has 0 N–H and O–H groups in total. The van der Waals surface area contributed by atoms with Crippen molar-refractivity contribution in [1.82, 2.24) is 0 Å². The Morgan fingerprint density at radius 2 is 1.85 bits per heavy atom. The van der Waals surface area contributed by atoms with E-state index in [0.29, 0.717) is 0 Å². The molecule has 0 aliphatic heterocycles. The van der Waals surface area contributed by atoms with Crippen LogP contribution in [0.25, 0.3) is 0 Å². The lowest BCUT2D eigenvalue weighted by molar-refractivity contribution is 0.815. The van der Waals surface area contributed by atoms with Crippen LogP contribution in [0.5, 0.6) is 0 Å². The summed E-state index contributed by atoms with van der Waals surface area (Å²) in [7, 11) is 0. The zero-order valence-electron chi connectivity index (χ0n) is 9.05. The second-order valence-electron chi connectivity index (χ2n) is 3.31. The van der Waals surface area contributed by atoms with Crippen molar-refractivity contribution in [1.29, 1.82) is 0 Å². The number of allylic oxidation sites excluding steroid dienone is 5. The van der Waals surface area contributed by atoms with E-state index >= 15 is 0 Å². The molecule has 0 fully saturated rings. The lowest BCUT2D eigenvalue weighted by Gasteiger charge is -1.93. The van der Waals surface area contributed by atoms with Crippen LogP contribution in [0.4, 0.5) is 0 Å². The molecule has 74 valence electrons. The Morgan fingerprint density at radius 1 is 1.15 bits per heavy atom. The van der Waals surface area contributed by atoms with Crippen LogP contribution in [-0.4, -0.2) is 0 Å². The third kappa shape index (κ3) is 9.13. The van der Waals surface area contributed by atoms with Gasteiger partial charge in [0.25, 0.3) is 0 Å². The van der Waals surface area contributed by atoms with Gasteiger partial charge in [-0.25, -0.2) is 0 Å². The highest BCUT2D eigenvalue weighted by molar-refractivity contribution is 5.08. The van der Waals surface area contributed by atoms with Gasteiger partial charge < -0.3 is 0 Å². The standard InChI is InChI=1S/C13H22/c1-4-6-7-8-9-10-11-12-13(3)5-2/h8-11H,3-7,12H2,1-2H3. The molecular formula is C13H22. The van der Waals surface area contributed by atoms with E-state index in [4.69, 9.17) is 0 Å². The predicted octanol–water partition coefficient (Wildman–Crippen LogP) is 4.65. The van der Waals surface area contributed by atoms with Crippen LogP contribution in [0, 0.1) is 0 Å². The van der Waals surface area contributed by atoms with Crippen molar-refractivity contribution in [2.24, 2.45) is 0 Å². The van der Waals surface area contributed by atoms with Crippen molar-refractivity contribution in [2.75, 3.05) is 0 Å². The molecule has 0 saturated heterocycles. The molecule has 0 nitrogen and oxygen atoms in total. The van der Waals surface area contributed by atoms with Gasteiger partial charge in [-0.1, -0.05) is 63.1 Å². The van der Waals surface area contributed by atoms with Gasteiger partial charge in [-0.05, 0) is 19.3 Å². The molecule has 0 amide bonds. The van der Waals surface area contributed by atoms with Crippen molar-refractivity contribution in [3.05, 3.63) is 36.5 Å². The Labute approximate surface area is 83.0 Å². The number of unbranched alkanes of at least 4 members (excludes halogenated alkanes) is 2. The van der Waals surface area contributed by atoms with Crippen molar-refractivity contribution < 1.29 is 0 Å². The maximum Gasteiger partial charge on any atom is -0.0138 e. The highest BCUT2D eigenvalue weighted by atomic mass is 13.9. The fourth-order valence-electron chi connectivity index (χ4n) is 0.954. The highest BCUT2D eigenvalue weighted by Gasteiger charge is 1.82. The van der Waals surface area contributed by atoms with Crippen LogP contribution in [0.2, 0.25) is 0 Å². The predicted molar refractivity (Wildman–Crippen MR) is 61.9 cm³/mol. The summed E-state index contributed by atoms with van der Waals surface area (Å²) in [5.74, 6) is 0. The largest absolute Gasteiger partial charge is 0.0996 e. The number of hydrogen-bond acceptors (Lipinski definition) is 0. The molecule has 0 aromatic heterocycles. The second-order valence-corrected chi connectivity index (χ2v) is 3.31. The Kier molecular flexibility index (Phi) is 8.75. The number of hydrogen-bond donors (Lipinski definition) is 0. The third-order valence-corrected chi connectivity index (χ3v) is 2.01. The van der Waals surface area contributed by atoms with E-state index < -0.39 is 0 Å². The number of rotatable bonds is 7. The molecule has 0 rings (SSSR count). The fourth-order valence-corrected chi connectivity index (χ4v) is 0.954. The Balaban J connectivity index is 3.40. The van der Waals surface area contributed by atoms with Gasteiger partial charge in [0.1, 0.15) is 0 Å². The maximum atomic E-state index is 3.95. The first-order valence-corrected chi connectivity index (χ1v) is 5.29. The van der Waals surface area contributed by atoms with E-state index in [1.165, 1.54) is 24.8 Å². The summed E-state index contributed by atoms with van der Waals surface area (Å²) >= 11 is 0. The minimum atomic E-state index is 1.02. The van der Waals surface area contributed by atoms with Crippen molar-refractivity contribution in [3.63, 3.8) is 0 Å². The van der Waals surface area contributed by atoms with Crippen LogP contribution in [0.1, 0.15) is 46.0 Å². The van der Waals surface area contributed by atoms with Gasteiger partial charge >= 0.3 is 0 Å². The zero-order valence-corrected chi connectivity index (χ0v) is 9.05. The Morgan fingerprint density at radius 3 is 2.46 bits per heavy atom. The van der Waals surface area contributed by atoms with E-state index in [9.17, 15) is 0 Å². The molecule has 0 atom stereocenters. The van der Waals surface area contributed by atoms with Crippen molar-refractivity contribution in [2.45, 2.75) is 46.0 Å². The summed E-state index contributed by atoms with van der Waals surface area (Å²) < 4.78 is 0. The third-order valence-electron chi connectivity index (χ3n) is 2.01. The normalized spacial score (nSPS) is 11.5. The van der Waals surface area contributed by atoms with Crippen LogP contribution in [0.3, 0.4) is 0 Å². The summed E-state index contributed by atoms with van der Waals surface area (Å²) in [4.78, 5) is 0. The Bertz CT molecular complexity index is 172. The topological polar surface area (TPSA) is 0 Å². The molecule has 0 aliphatic carbocycles. The zero-order chi connectivity index (χ0) is 9.94. The summed E-state index contributed by atoms with van der Waals surface area (Å²) in [5.41, 5.74) is 1.30. The van der Waals surface area contributed by atoms with E-state index in [1.807, 2.05) is 0 Å². The molecule has 0 aliphatic rings. The van der Waals surface area contributed by atoms with E-state index in [1.54, 1.807) is 0 Å². The summed E-state index contributed by atoms with van der Waals surface area (Å²) in [6, 6.07) is 0. The maximum absolute atomic E-state index is 3.95. The van der Waals surface area contributed by atoms with Crippen molar-refractivity contribution >= 4 is 0 Å². The molecular weight excluding hydrogens is 156 g/mol. The van der Waals surface area contributed by atoms with Gasteiger partial charge in [0, 0.05) is 0 Å². The molecule has 0 saturated carbocycles. The minimum Gasteiger partial charge on any atom is -0.0996 e. The van der Waals surface area contributed by atoms with Gasteiger partial charge in [0.15, 0.2) is 0 Å². The van der Waals surface area contributed by atoms with E-state index in [0.717, 1.165) is 12.8 Å². The monoisotopic (exact) mass is 178 g/mol. The molecule has 0 heterocycles. The van der Waals surface area contributed by atoms with Crippen LogP contribution < -0.4 is 0 Å². The Hall–Kier alpha value is -0.780. The summed E-state index contributed by atoms with van der Waals surface area (Å²) in [5, 5.41) is 0. The molecule has 0 spiro atoms. The van der Waals surface area contributed by atoms with E-state index in [2.05, 4.69) is 44.7 Å². The fraction of sp³-hybridized carbons (Fsp3) is 0.538. The van der Waals surface area contributed by atoms with Gasteiger partial charge in [0.05, 0.1) is 0 Å². The van der Waals surface area contributed by atoms with Gasteiger partial charge in [-0.2, -0.15) is 0 Å². The summed E-state index contributed by atoms with van der Waals surface area (Å²) in [6.45, 7) is 8.31. The minimum absolute atomic E-state index is 1.02. The molecule has 0 unspecified atom stereocenters. The first-order valence-electron chi connectivity index (χ1n) is 5.29. The van der Waals surface area contributed by atoms with Gasteiger partial charge in [0.2, 0.25) is 0 Å². The summed E-state index contributed by atoms with van der Waals surface area (Å²) in [6.07, 6.45) is 14.6. The molecule has 0 bridgehead atoms. The average molecular weight is 178 g/mol. The van der Waals surface area contributed by atoms with Gasteiger partial charge in [-0.15, -0.1) is 0 Å². The smallest absolute Gasteiger partial charge is 0.0138 e. The first-order chi connectivity index (χ1) is 6.31. The lowest BCUT2D eigenvalue weighted by atomic mass is 10.1. The second kappa shape index (κ2) is 9.31. The average Bonchev–Trinajstić information content (AvgIpc) is 2.16. The molecule has 0 aromatic carbocycles. The first kappa shape index (κ1) is 12.2. The van der Waals surface area contributed by atoms with Crippen LogP contribution in [-0.2, 0) is 0 Å². The van der Waals surface area contributed by atoms with Crippen LogP contribution >= 0.6 is 0 Å². The van der Waals surface area contributed by atoms with Crippen LogP contribution in [0.15, 0.2) is 36.5 Å². The van der Waals surface area contributed by atoms with Crippen molar-refractivity contribution in [3.8, 4) is 0 Å². The van der Waals surface area contributed by atoms with E-state index in [-0.39, 0.29) is 0 Å². The quantitative estimate of drug-likeness (QED) is 0.302. The SMILES string of the molecule is C=C(CC)CC=CC=CCCCC. The lowest BCUT2D eigenvalue weighted by Crippen LogP contribution is -1.72. The highest BCUT2D eigenvalue weighted by Crippen LogP contribution is 2.03. The molecule has 0 heteroatoms. The molecule has 13 heavy (non-hydrogen) atoms.